The van der Waals surface area contributed by atoms with Crippen molar-refractivity contribution in [2.24, 2.45) is 11.7 Å². The lowest BCUT2D eigenvalue weighted by molar-refractivity contribution is 0.231. The second kappa shape index (κ2) is 7.09. The first-order chi connectivity index (χ1) is 9.61. The van der Waals surface area contributed by atoms with Crippen LogP contribution < -0.4 is 10.6 Å². The number of rotatable bonds is 5. The highest BCUT2D eigenvalue weighted by Crippen LogP contribution is 2.27. The van der Waals surface area contributed by atoms with Gasteiger partial charge in [0.1, 0.15) is 0 Å². The van der Waals surface area contributed by atoms with Crippen LogP contribution in [0.3, 0.4) is 0 Å². The van der Waals surface area contributed by atoms with Gasteiger partial charge in [-0.2, -0.15) is 0 Å². The maximum absolute atomic E-state index is 6.26. The zero-order valence-electron chi connectivity index (χ0n) is 13.2. The molecule has 1 heterocycles. The molecule has 3 heteroatoms. The molecule has 1 aliphatic rings. The highest BCUT2D eigenvalue weighted by molar-refractivity contribution is 5.55. The molecule has 2 N–H and O–H groups in total. The van der Waals surface area contributed by atoms with Crippen LogP contribution in [-0.2, 0) is 0 Å². The molecular formula is C17H29N3. The van der Waals surface area contributed by atoms with E-state index in [0.29, 0.717) is 0 Å². The lowest BCUT2D eigenvalue weighted by Gasteiger charge is -2.38. The normalized spacial score (nSPS) is 18.6. The van der Waals surface area contributed by atoms with Crippen LogP contribution in [0, 0.1) is 5.92 Å². The van der Waals surface area contributed by atoms with E-state index in [0.717, 1.165) is 38.5 Å². The Balaban J connectivity index is 2.03. The van der Waals surface area contributed by atoms with Crippen LogP contribution >= 0.6 is 0 Å². The fourth-order valence-corrected chi connectivity index (χ4v) is 3.00. The van der Waals surface area contributed by atoms with E-state index in [-0.39, 0.29) is 6.04 Å². The van der Waals surface area contributed by atoms with Gasteiger partial charge in [-0.05, 0) is 24.0 Å². The van der Waals surface area contributed by atoms with Crippen molar-refractivity contribution in [2.45, 2.75) is 33.2 Å². The summed E-state index contributed by atoms with van der Waals surface area (Å²) in [6.07, 6.45) is 0.990. The number of hydrogen-bond donors (Lipinski definition) is 1. The topological polar surface area (TPSA) is 32.5 Å². The summed E-state index contributed by atoms with van der Waals surface area (Å²) in [6.45, 7) is 12.5. The molecule has 0 saturated carbocycles. The van der Waals surface area contributed by atoms with Crippen LogP contribution in [0.15, 0.2) is 24.3 Å². The summed E-state index contributed by atoms with van der Waals surface area (Å²) in [5.74, 6) is 0.752. The summed E-state index contributed by atoms with van der Waals surface area (Å²) < 4.78 is 0. The average molecular weight is 275 g/mol. The molecule has 1 fully saturated rings. The van der Waals surface area contributed by atoms with Gasteiger partial charge in [0.15, 0.2) is 0 Å². The molecular weight excluding hydrogens is 246 g/mol. The zero-order chi connectivity index (χ0) is 14.5. The van der Waals surface area contributed by atoms with E-state index in [4.69, 9.17) is 5.73 Å². The van der Waals surface area contributed by atoms with E-state index in [9.17, 15) is 0 Å². The van der Waals surface area contributed by atoms with Gasteiger partial charge in [-0.25, -0.2) is 0 Å². The summed E-state index contributed by atoms with van der Waals surface area (Å²) in [5, 5.41) is 0. The van der Waals surface area contributed by atoms with Crippen molar-refractivity contribution in [1.29, 1.82) is 0 Å². The van der Waals surface area contributed by atoms with E-state index in [2.05, 4.69) is 54.8 Å². The van der Waals surface area contributed by atoms with E-state index in [1.807, 2.05) is 0 Å². The zero-order valence-corrected chi connectivity index (χ0v) is 13.2. The Morgan fingerprint density at radius 1 is 1.10 bits per heavy atom. The minimum atomic E-state index is 0.153. The summed E-state index contributed by atoms with van der Waals surface area (Å²) >= 11 is 0. The molecule has 0 radical (unpaired) electrons. The Labute approximate surface area is 123 Å². The summed E-state index contributed by atoms with van der Waals surface area (Å²) in [6, 6.07) is 8.79. The first kappa shape index (κ1) is 15.3. The van der Waals surface area contributed by atoms with E-state index >= 15 is 0 Å². The largest absolute Gasteiger partial charge is 0.369 e. The highest BCUT2D eigenvalue weighted by Gasteiger charge is 2.20. The Bertz CT molecular complexity index is 408. The third-order valence-electron chi connectivity index (χ3n) is 4.11. The van der Waals surface area contributed by atoms with Crippen molar-refractivity contribution < 1.29 is 0 Å². The quantitative estimate of drug-likeness (QED) is 0.897. The molecule has 0 aromatic heterocycles. The van der Waals surface area contributed by atoms with Crippen LogP contribution in [-0.4, -0.2) is 37.6 Å². The molecule has 2 rings (SSSR count). The molecule has 3 nitrogen and oxygen atoms in total. The summed E-state index contributed by atoms with van der Waals surface area (Å²) in [7, 11) is 0. The molecule has 0 amide bonds. The number of nitrogens with two attached hydrogens (primary N) is 1. The molecule has 20 heavy (non-hydrogen) atoms. The van der Waals surface area contributed by atoms with Gasteiger partial charge >= 0.3 is 0 Å². The minimum Gasteiger partial charge on any atom is -0.369 e. The predicted molar refractivity (Wildman–Crippen MR) is 87.2 cm³/mol. The fraction of sp³-hybridized carbons (Fsp3) is 0.647. The number of nitrogens with zero attached hydrogens (tertiary/aromatic N) is 2. The number of piperazine rings is 1. The van der Waals surface area contributed by atoms with E-state index in [1.54, 1.807) is 0 Å². The van der Waals surface area contributed by atoms with Crippen molar-refractivity contribution in [2.75, 3.05) is 37.6 Å². The molecule has 112 valence electrons. The SMILES string of the molecule is CC[C@@H](N)c1ccccc1N1CCN(CC(C)C)CC1. The fourth-order valence-electron chi connectivity index (χ4n) is 3.00. The first-order valence-electron chi connectivity index (χ1n) is 7.93. The van der Waals surface area contributed by atoms with Crippen LogP contribution in [0.2, 0.25) is 0 Å². The van der Waals surface area contributed by atoms with Gasteiger partial charge in [0, 0.05) is 44.5 Å². The van der Waals surface area contributed by atoms with Crippen LogP contribution in [0.5, 0.6) is 0 Å². The third-order valence-corrected chi connectivity index (χ3v) is 4.11. The number of para-hydroxylation sites is 1. The van der Waals surface area contributed by atoms with Gasteiger partial charge in [0.2, 0.25) is 0 Å². The Morgan fingerprint density at radius 2 is 1.75 bits per heavy atom. The molecule has 0 bridgehead atoms. The molecule has 1 atom stereocenters. The van der Waals surface area contributed by atoms with Crippen molar-refractivity contribution in [3.63, 3.8) is 0 Å². The Hall–Kier alpha value is -1.06. The van der Waals surface area contributed by atoms with Crippen molar-refractivity contribution in [3.8, 4) is 0 Å². The maximum Gasteiger partial charge on any atom is 0.0415 e. The maximum atomic E-state index is 6.26. The second-order valence-corrected chi connectivity index (χ2v) is 6.26. The van der Waals surface area contributed by atoms with Gasteiger partial charge in [0.05, 0.1) is 0 Å². The molecule has 1 aliphatic heterocycles. The third kappa shape index (κ3) is 3.74. The molecule has 1 aromatic carbocycles. The van der Waals surface area contributed by atoms with Gasteiger partial charge in [-0.3, -0.25) is 4.90 Å². The van der Waals surface area contributed by atoms with Crippen LogP contribution in [0.1, 0.15) is 38.8 Å². The minimum absolute atomic E-state index is 0.153. The van der Waals surface area contributed by atoms with Crippen molar-refractivity contribution in [3.05, 3.63) is 29.8 Å². The lowest BCUT2D eigenvalue weighted by Crippen LogP contribution is -2.47. The van der Waals surface area contributed by atoms with Crippen LogP contribution in [0.25, 0.3) is 0 Å². The standard InChI is InChI=1S/C17H29N3/c1-4-16(18)15-7-5-6-8-17(15)20-11-9-19(10-12-20)13-14(2)3/h5-8,14,16H,4,9-13,18H2,1-3H3/t16-/m1/s1. The Kier molecular flexibility index (Phi) is 5.44. The van der Waals surface area contributed by atoms with E-state index in [1.165, 1.54) is 17.8 Å². The van der Waals surface area contributed by atoms with Gasteiger partial charge in [0.25, 0.3) is 0 Å². The monoisotopic (exact) mass is 275 g/mol. The second-order valence-electron chi connectivity index (χ2n) is 6.26. The number of hydrogen-bond acceptors (Lipinski definition) is 3. The van der Waals surface area contributed by atoms with Crippen molar-refractivity contribution in [1.82, 2.24) is 4.90 Å². The van der Waals surface area contributed by atoms with E-state index < -0.39 is 0 Å². The molecule has 1 aromatic rings. The molecule has 0 unspecified atom stereocenters. The number of anilines is 1. The summed E-state index contributed by atoms with van der Waals surface area (Å²) in [5.41, 5.74) is 8.90. The van der Waals surface area contributed by atoms with Crippen molar-refractivity contribution >= 4 is 5.69 Å². The summed E-state index contributed by atoms with van der Waals surface area (Å²) in [4.78, 5) is 5.07. The molecule has 0 aliphatic carbocycles. The molecule has 0 spiro atoms. The average Bonchev–Trinajstić information content (AvgIpc) is 2.46. The van der Waals surface area contributed by atoms with Gasteiger partial charge in [-0.1, -0.05) is 39.0 Å². The smallest absolute Gasteiger partial charge is 0.0415 e. The van der Waals surface area contributed by atoms with Gasteiger partial charge in [-0.15, -0.1) is 0 Å². The van der Waals surface area contributed by atoms with Gasteiger partial charge < -0.3 is 10.6 Å². The van der Waals surface area contributed by atoms with Crippen LogP contribution in [0.4, 0.5) is 5.69 Å². The lowest BCUT2D eigenvalue weighted by atomic mass is 10.0. The molecule has 1 saturated heterocycles. The Morgan fingerprint density at radius 3 is 2.35 bits per heavy atom. The predicted octanol–water partition coefficient (Wildman–Crippen LogP) is 2.87. The highest BCUT2D eigenvalue weighted by atomic mass is 15.3. The first-order valence-corrected chi connectivity index (χ1v) is 7.93. The number of benzene rings is 1.